The highest BCUT2D eigenvalue weighted by molar-refractivity contribution is 5.16. The van der Waals surface area contributed by atoms with Crippen LogP contribution in [0.15, 0.2) is 121 Å². The van der Waals surface area contributed by atoms with Gasteiger partial charge in [0.1, 0.15) is 24.4 Å². The summed E-state index contributed by atoms with van der Waals surface area (Å²) in [5, 5.41) is 0. The molecule has 0 saturated carbocycles. The maximum Gasteiger partial charge on any atom is 0.186 e. The monoisotopic (exact) mass is 554 g/mol. The molecule has 1 heterocycles. The Bertz CT molecular complexity index is 1260. The standard InChI is InChI=1S/C35H38O6/c1-36-35-34(40-25-30-20-12-5-13-21-30)33(39-24-29-18-10-4-11-19-29)32(41-35)31(38-23-28-16-8-3-9-17-28)26-37-22-27-14-6-2-7-15-27/h2-21,31-35H,22-26H2,1H3/t31-,32+,33+,34-,35+/m1/s1. The topological polar surface area (TPSA) is 55.4 Å². The van der Waals surface area contributed by atoms with Gasteiger partial charge in [0.15, 0.2) is 6.29 Å². The molecule has 0 bridgehead atoms. The highest BCUT2D eigenvalue weighted by Gasteiger charge is 2.50. The Hall–Kier alpha value is -3.36. The molecule has 4 aromatic rings. The molecule has 1 aliphatic rings. The molecule has 0 radical (unpaired) electrons. The minimum absolute atomic E-state index is 0.319. The number of rotatable bonds is 15. The predicted molar refractivity (Wildman–Crippen MR) is 157 cm³/mol. The number of hydrogen-bond donors (Lipinski definition) is 0. The van der Waals surface area contributed by atoms with Gasteiger partial charge in [0.2, 0.25) is 0 Å². The van der Waals surface area contributed by atoms with Crippen molar-refractivity contribution >= 4 is 0 Å². The van der Waals surface area contributed by atoms with Crippen LogP contribution >= 0.6 is 0 Å². The molecular weight excluding hydrogens is 516 g/mol. The van der Waals surface area contributed by atoms with Gasteiger partial charge < -0.3 is 28.4 Å². The van der Waals surface area contributed by atoms with Crippen molar-refractivity contribution < 1.29 is 28.4 Å². The van der Waals surface area contributed by atoms with E-state index in [1.807, 2.05) is 121 Å². The fourth-order valence-corrected chi connectivity index (χ4v) is 4.92. The van der Waals surface area contributed by atoms with Crippen LogP contribution in [0.25, 0.3) is 0 Å². The Morgan fingerprint density at radius 2 is 1.00 bits per heavy atom. The average Bonchev–Trinajstić information content (AvgIpc) is 3.39. The van der Waals surface area contributed by atoms with Gasteiger partial charge in [0, 0.05) is 7.11 Å². The molecule has 0 aromatic heterocycles. The summed E-state index contributed by atoms with van der Waals surface area (Å²) in [6, 6.07) is 40.4. The number of ether oxygens (including phenoxy) is 6. The highest BCUT2D eigenvalue weighted by Crippen LogP contribution is 2.32. The van der Waals surface area contributed by atoms with E-state index in [1.165, 1.54) is 0 Å². The largest absolute Gasteiger partial charge is 0.374 e. The number of methoxy groups -OCH3 is 1. The average molecular weight is 555 g/mol. The summed E-state index contributed by atoms with van der Waals surface area (Å²) in [6.07, 6.45) is -2.45. The summed E-state index contributed by atoms with van der Waals surface area (Å²) in [7, 11) is 1.63. The van der Waals surface area contributed by atoms with Crippen molar-refractivity contribution in [2.45, 2.75) is 57.1 Å². The summed E-state index contributed by atoms with van der Waals surface area (Å²) in [6.45, 7) is 2.02. The van der Waals surface area contributed by atoms with E-state index in [4.69, 9.17) is 28.4 Å². The minimum atomic E-state index is -0.624. The van der Waals surface area contributed by atoms with Crippen LogP contribution in [0.4, 0.5) is 0 Å². The van der Waals surface area contributed by atoms with Crippen LogP contribution in [0.5, 0.6) is 0 Å². The second-order valence-electron chi connectivity index (χ2n) is 10.1. The Morgan fingerprint density at radius 3 is 1.49 bits per heavy atom. The van der Waals surface area contributed by atoms with Crippen LogP contribution in [-0.4, -0.2) is 44.4 Å². The van der Waals surface area contributed by atoms with Crippen molar-refractivity contribution in [3.05, 3.63) is 144 Å². The smallest absolute Gasteiger partial charge is 0.186 e. The van der Waals surface area contributed by atoms with Gasteiger partial charge in [-0.3, -0.25) is 0 Å². The van der Waals surface area contributed by atoms with Crippen molar-refractivity contribution in [2.75, 3.05) is 13.7 Å². The Labute approximate surface area is 242 Å². The Morgan fingerprint density at radius 1 is 0.561 bits per heavy atom. The van der Waals surface area contributed by atoms with Gasteiger partial charge in [-0.05, 0) is 22.3 Å². The summed E-state index contributed by atoms with van der Waals surface area (Å²) in [4.78, 5) is 0. The molecule has 0 unspecified atom stereocenters. The van der Waals surface area contributed by atoms with Crippen molar-refractivity contribution in [3.8, 4) is 0 Å². The fraction of sp³-hybridized carbons (Fsp3) is 0.314. The van der Waals surface area contributed by atoms with Gasteiger partial charge in [0.05, 0.1) is 33.0 Å². The van der Waals surface area contributed by atoms with Crippen LogP contribution in [0, 0.1) is 0 Å². The zero-order valence-electron chi connectivity index (χ0n) is 23.4. The SMILES string of the molecule is CO[C@H]1O[C@@H]([C@@H](COCc2ccccc2)OCc2ccccc2)[C@H](OCc2ccccc2)[C@H]1OCc1ccccc1. The predicted octanol–water partition coefficient (Wildman–Crippen LogP) is 6.33. The summed E-state index contributed by atoms with van der Waals surface area (Å²) in [5.41, 5.74) is 4.30. The van der Waals surface area contributed by atoms with Crippen molar-refractivity contribution in [1.82, 2.24) is 0 Å². The molecule has 5 rings (SSSR count). The second-order valence-corrected chi connectivity index (χ2v) is 10.1. The first-order chi connectivity index (χ1) is 20.3. The van der Waals surface area contributed by atoms with E-state index in [1.54, 1.807) is 7.11 Å². The van der Waals surface area contributed by atoms with E-state index in [-0.39, 0.29) is 0 Å². The first kappa shape index (κ1) is 29.1. The van der Waals surface area contributed by atoms with Crippen LogP contribution < -0.4 is 0 Å². The van der Waals surface area contributed by atoms with Gasteiger partial charge in [-0.1, -0.05) is 121 Å². The Kier molecular flexibility index (Phi) is 11.1. The molecule has 6 heteroatoms. The molecule has 0 aliphatic carbocycles. The van der Waals surface area contributed by atoms with E-state index in [9.17, 15) is 0 Å². The van der Waals surface area contributed by atoms with E-state index in [0.29, 0.717) is 33.0 Å². The summed E-state index contributed by atoms with van der Waals surface area (Å²) in [5.74, 6) is 0. The third kappa shape index (κ3) is 8.57. The van der Waals surface area contributed by atoms with Crippen LogP contribution in [0.1, 0.15) is 22.3 Å². The van der Waals surface area contributed by atoms with E-state index in [0.717, 1.165) is 22.3 Å². The first-order valence-electron chi connectivity index (χ1n) is 14.1. The third-order valence-electron chi connectivity index (χ3n) is 7.08. The van der Waals surface area contributed by atoms with Gasteiger partial charge in [-0.15, -0.1) is 0 Å². The van der Waals surface area contributed by atoms with Crippen molar-refractivity contribution in [2.24, 2.45) is 0 Å². The van der Waals surface area contributed by atoms with Gasteiger partial charge >= 0.3 is 0 Å². The van der Waals surface area contributed by atoms with Crippen molar-refractivity contribution in [1.29, 1.82) is 0 Å². The second kappa shape index (κ2) is 15.6. The summed E-state index contributed by atoms with van der Waals surface area (Å²) < 4.78 is 38.0. The molecule has 41 heavy (non-hydrogen) atoms. The van der Waals surface area contributed by atoms with E-state index in [2.05, 4.69) is 0 Å². The third-order valence-corrected chi connectivity index (χ3v) is 7.08. The first-order valence-corrected chi connectivity index (χ1v) is 14.1. The molecule has 0 amide bonds. The van der Waals surface area contributed by atoms with Gasteiger partial charge in [-0.2, -0.15) is 0 Å². The molecule has 4 aromatic carbocycles. The highest BCUT2D eigenvalue weighted by atomic mass is 16.7. The lowest BCUT2D eigenvalue weighted by Crippen LogP contribution is -2.45. The number of benzene rings is 4. The van der Waals surface area contributed by atoms with Crippen molar-refractivity contribution in [3.63, 3.8) is 0 Å². The summed E-state index contributed by atoms with van der Waals surface area (Å²) >= 11 is 0. The maximum absolute atomic E-state index is 6.57. The molecule has 1 aliphatic heterocycles. The van der Waals surface area contributed by atoms with Crippen LogP contribution in [0.2, 0.25) is 0 Å². The zero-order valence-corrected chi connectivity index (χ0v) is 23.4. The van der Waals surface area contributed by atoms with Crippen LogP contribution in [0.3, 0.4) is 0 Å². The lowest BCUT2D eigenvalue weighted by Gasteiger charge is -2.29. The van der Waals surface area contributed by atoms with E-state index < -0.39 is 30.7 Å². The van der Waals surface area contributed by atoms with Gasteiger partial charge in [0.25, 0.3) is 0 Å². The minimum Gasteiger partial charge on any atom is -0.374 e. The fourth-order valence-electron chi connectivity index (χ4n) is 4.92. The Balaban J connectivity index is 1.35. The number of hydrogen-bond acceptors (Lipinski definition) is 6. The van der Waals surface area contributed by atoms with Gasteiger partial charge in [-0.25, -0.2) is 0 Å². The molecular formula is C35H38O6. The maximum atomic E-state index is 6.57. The molecule has 5 atom stereocenters. The zero-order chi connectivity index (χ0) is 28.1. The molecule has 6 nitrogen and oxygen atoms in total. The van der Waals surface area contributed by atoms with E-state index >= 15 is 0 Å². The quantitative estimate of drug-likeness (QED) is 0.171. The van der Waals surface area contributed by atoms with Crippen LogP contribution in [-0.2, 0) is 54.8 Å². The molecule has 1 saturated heterocycles. The lowest BCUT2D eigenvalue weighted by molar-refractivity contribution is -0.186. The molecule has 0 spiro atoms. The molecule has 1 fully saturated rings. The molecule has 0 N–H and O–H groups in total. The normalized spacial score (nSPS) is 21.1. The lowest BCUT2D eigenvalue weighted by atomic mass is 10.0. The molecule has 214 valence electrons.